The van der Waals surface area contributed by atoms with E-state index in [-0.39, 0.29) is 23.7 Å². The number of hydrogen-bond acceptors (Lipinski definition) is 4. The zero-order valence-electron chi connectivity index (χ0n) is 15.9. The Morgan fingerprint density at radius 1 is 1.18 bits per heavy atom. The first-order valence-electron chi connectivity index (χ1n) is 8.80. The van der Waals surface area contributed by atoms with E-state index in [1.165, 1.54) is 12.1 Å². The third-order valence-electron chi connectivity index (χ3n) is 4.20. The van der Waals surface area contributed by atoms with Crippen molar-refractivity contribution in [2.75, 3.05) is 32.5 Å². The summed E-state index contributed by atoms with van der Waals surface area (Å²) in [4.78, 5) is 25.3. The number of hydrogen-bond donors (Lipinski definition) is 4. The van der Waals surface area contributed by atoms with E-state index in [9.17, 15) is 19.1 Å². The fraction of sp³-hybridized carbons (Fsp3) is 0.300. The average Bonchev–Trinajstić information content (AvgIpc) is 2.66. The van der Waals surface area contributed by atoms with Crippen molar-refractivity contribution in [1.82, 2.24) is 10.2 Å². The molecule has 0 fully saturated rings. The Kier molecular flexibility index (Phi) is 7.48. The lowest BCUT2D eigenvalue weighted by molar-refractivity contribution is 0.0911. The molecule has 0 spiro atoms. The van der Waals surface area contributed by atoms with E-state index >= 15 is 0 Å². The van der Waals surface area contributed by atoms with Crippen molar-refractivity contribution < 1.29 is 19.1 Å². The van der Waals surface area contributed by atoms with Gasteiger partial charge in [-0.25, -0.2) is 9.18 Å². The SMILES string of the molecule is CN(C)CC(CNC(=O)Nc1ccc(F)c(C(N)=O)c1)C(O)c1ccccc1. The Morgan fingerprint density at radius 3 is 2.46 bits per heavy atom. The van der Waals surface area contributed by atoms with Crippen molar-refractivity contribution in [1.29, 1.82) is 0 Å². The van der Waals surface area contributed by atoms with Crippen LogP contribution in [0.2, 0.25) is 0 Å². The first-order chi connectivity index (χ1) is 13.3. The monoisotopic (exact) mass is 388 g/mol. The lowest BCUT2D eigenvalue weighted by atomic mass is 9.95. The summed E-state index contributed by atoms with van der Waals surface area (Å²) in [6, 6.07) is 12.2. The Morgan fingerprint density at radius 2 is 1.86 bits per heavy atom. The number of anilines is 1. The van der Waals surface area contributed by atoms with Crippen LogP contribution in [0.5, 0.6) is 0 Å². The summed E-state index contributed by atoms with van der Waals surface area (Å²) in [5.74, 6) is -1.92. The van der Waals surface area contributed by atoms with Gasteiger partial charge in [0.2, 0.25) is 0 Å². The maximum Gasteiger partial charge on any atom is 0.319 e. The molecule has 2 atom stereocenters. The lowest BCUT2D eigenvalue weighted by Gasteiger charge is -2.26. The normalized spacial score (nSPS) is 13.0. The maximum atomic E-state index is 13.5. The second-order valence-electron chi connectivity index (χ2n) is 6.77. The largest absolute Gasteiger partial charge is 0.388 e. The molecule has 2 aromatic rings. The summed E-state index contributed by atoms with van der Waals surface area (Å²) in [5.41, 5.74) is 5.81. The molecule has 2 rings (SSSR count). The van der Waals surface area contributed by atoms with Crippen LogP contribution in [-0.2, 0) is 0 Å². The second-order valence-corrected chi connectivity index (χ2v) is 6.77. The zero-order valence-corrected chi connectivity index (χ0v) is 15.9. The van der Waals surface area contributed by atoms with Gasteiger partial charge in [0.1, 0.15) is 5.82 Å². The van der Waals surface area contributed by atoms with Crippen LogP contribution >= 0.6 is 0 Å². The van der Waals surface area contributed by atoms with Crippen molar-refractivity contribution in [2.45, 2.75) is 6.10 Å². The first kappa shape index (κ1) is 21.3. The van der Waals surface area contributed by atoms with Gasteiger partial charge in [-0.1, -0.05) is 30.3 Å². The fourth-order valence-corrected chi connectivity index (χ4v) is 2.86. The molecule has 0 aliphatic rings. The van der Waals surface area contributed by atoms with Gasteiger partial charge in [-0.3, -0.25) is 4.79 Å². The van der Waals surface area contributed by atoms with E-state index in [0.29, 0.717) is 6.54 Å². The smallest absolute Gasteiger partial charge is 0.319 e. The van der Waals surface area contributed by atoms with E-state index < -0.39 is 23.9 Å². The number of aliphatic hydroxyl groups is 1. The van der Waals surface area contributed by atoms with Crippen molar-refractivity contribution in [3.8, 4) is 0 Å². The fourth-order valence-electron chi connectivity index (χ4n) is 2.86. The highest BCUT2D eigenvalue weighted by atomic mass is 19.1. The molecule has 0 heterocycles. The van der Waals surface area contributed by atoms with Crippen LogP contribution in [0.25, 0.3) is 0 Å². The lowest BCUT2D eigenvalue weighted by Crippen LogP contribution is -2.39. The molecule has 8 heteroatoms. The van der Waals surface area contributed by atoms with Crippen LogP contribution in [0.1, 0.15) is 22.0 Å². The molecule has 150 valence electrons. The highest BCUT2D eigenvalue weighted by Crippen LogP contribution is 2.22. The van der Waals surface area contributed by atoms with Crippen LogP contribution < -0.4 is 16.4 Å². The molecule has 28 heavy (non-hydrogen) atoms. The van der Waals surface area contributed by atoms with Crippen molar-refractivity contribution in [2.24, 2.45) is 11.7 Å². The predicted molar refractivity (Wildman–Crippen MR) is 105 cm³/mol. The molecule has 2 unspecified atom stereocenters. The summed E-state index contributed by atoms with van der Waals surface area (Å²) < 4.78 is 13.5. The molecule has 0 radical (unpaired) electrons. The molecule has 2 aromatic carbocycles. The Hall–Kier alpha value is -2.97. The molecule has 0 saturated heterocycles. The highest BCUT2D eigenvalue weighted by Gasteiger charge is 2.22. The number of aliphatic hydroxyl groups excluding tert-OH is 1. The third-order valence-corrected chi connectivity index (χ3v) is 4.20. The molecular formula is C20H25FN4O3. The Balaban J connectivity index is 2.01. The number of carbonyl (C=O) groups is 2. The van der Waals surface area contributed by atoms with Crippen LogP contribution in [0.3, 0.4) is 0 Å². The van der Waals surface area contributed by atoms with Gasteiger partial charge >= 0.3 is 6.03 Å². The van der Waals surface area contributed by atoms with Crippen LogP contribution in [0.15, 0.2) is 48.5 Å². The summed E-state index contributed by atoms with van der Waals surface area (Å²) in [7, 11) is 3.77. The van der Waals surface area contributed by atoms with E-state index in [1.54, 1.807) is 0 Å². The molecule has 3 amide bonds. The highest BCUT2D eigenvalue weighted by molar-refractivity contribution is 5.96. The summed E-state index contributed by atoms with van der Waals surface area (Å²) in [6.45, 7) is 0.767. The number of nitrogens with one attached hydrogen (secondary N) is 2. The predicted octanol–water partition coefficient (Wildman–Crippen LogP) is 1.96. The maximum absolute atomic E-state index is 13.5. The van der Waals surface area contributed by atoms with Gasteiger partial charge < -0.3 is 26.4 Å². The topological polar surface area (TPSA) is 108 Å². The molecule has 0 bridgehead atoms. The summed E-state index contributed by atoms with van der Waals surface area (Å²) in [6.07, 6.45) is -0.754. The van der Waals surface area contributed by atoms with Crippen molar-refractivity contribution in [3.05, 3.63) is 65.5 Å². The van der Waals surface area contributed by atoms with Crippen molar-refractivity contribution >= 4 is 17.6 Å². The van der Waals surface area contributed by atoms with Gasteiger partial charge in [0.25, 0.3) is 5.91 Å². The first-order valence-corrected chi connectivity index (χ1v) is 8.80. The minimum Gasteiger partial charge on any atom is -0.388 e. The van der Waals surface area contributed by atoms with Gasteiger partial charge in [0.05, 0.1) is 11.7 Å². The number of nitrogens with zero attached hydrogens (tertiary/aromatic N) is 1. The van der Waals surface area contributed by atoms with E-state index in [1.807, 2.05) is 49.3 Å². The van der Waals surface area contributed by atoms with Gasteiger partial charge in [-0.2, -0.15) is 0 Å². The number of benzene rings is 2. The number of carbonyl (C=O) groups excluding carboxylic acids is 2. The molecule has 0 saturated carbocycles. The second kappa shape index (κ2) is 9.82. The molecule has 5 N–H and O–H groups in total. The van der Waals surface area contributed by atoms with E-state index in [4.69, 9.17) is 5.73 Å². The number of rotatable bonds is 8. The molecule has 0 aliphatic carbocycles. The number of amides is 3. The third kappa shape index (κ3) is 6.04. The molecular weight excluding hydrogens is 363 g/mol. The van der Waals surface area contributed by atoms with Gasteiger partial charge in [-0.15, -0.1) is 0 Å². The van der Waals surface area contributed by atoms with Gasteiger partial charge in [0, 0.05) is 24.7 Å². The number of primary amides is 1. The standard InChI is InChI=1S/C20H25FN4O3/c1-25(2)12-14(18(26)13-6-4-3-5-7-13)11-23-20(28)24-15-8-9-17(21)16(10-15)19(22)27/h3-10,14,18,26H,11-12H2,1-2H3,(H2,22,27)(H2,23,24,28). The van der Waals surface area contributed by atoms with Gasteiger partial charge in [-0.05, 0) is 37.9 Å². The summed E-state index contributed by atoms with van der Waals surface area (Å²) >= 11 is 0. The van der Waals surface area contributed by atoms with E-state index in [2.05, 4.69) is 10.6 Å². The molecule has 7 nitrogen and oxygen atoms in total. The number of halogens is 1. The quantitative estimate of drug-likeness (QED) is 0.554. The summed E-state index contributed by atoms with van der Waals surface area (Å²) in [5, 5.41) is 15.9. The van der Waals surface area contributed by atoms with Crippen LogP contribution in [0.4, 0.5) is 14.9 Å². The Labute approximate surface area is 163 Å². The number of nitrogens with two attached hydrogens (primary N) is 1. The average molecular weight is 388 g/mol. The Bertz CT molecular complexity index is 814. The van der Waals surface area contributed by atoms with Crippen LogP contribution in [0, 0.1) is 11.7 Å². The minimum absolute atomic E-state index is 0.212. The van der Waals surface area contributed by atoms with E-state index in [0.717, 1.165) is 11.6 Å². The zero-order chi connectivity index (χ0) is 20.7. The molecule has 0 aliphatic heterocycles. The van der Waals surface area contributed by atoms with Crippen molar-refractivity contribution in [3.63, 3.8) is 0 Å². The molecule has 0 aromatic heterocycles. The van der Waals surface area contributed by atoms with Crippen LogP contribution in [-0.4, -0.2) is 49.1 Å². The minimum atomic E-state index is -0.918. The number of urea groups is 1. The van der Waals surface area contributed by atoms with Gasteiger partial charge in [0.15, 0.2) is 0 Å².